The van der Waals surface area contributed by atoms with E-state index in [0.29, 0.717) is 0 Å². The number of hydrogen-bond donors (Lipinski definition) is 0. The molecule has 28 heavy (non-hydrogen) atoms. The predicted molar refractivity (Wildman–Crippen MR) is 133 cm³/mol. The van der Waals surface area contributed by atoms with E-state index < -0.39 is 0 Å². The zero-order chi connectivity index (χ0) is 19.7. The molecule has 0 atom stereocenters. The first-order valence-corrected chi connectivity index (χ1v) is 9.71. The summed E-state index contributed by atoms with van der Waals surface area (Å²) >= 11 is 0. The number of allylic oxidation sites excluding steroid dienone is 22. The lowest BCUT2D eigenvalue weighted by molar-refractivity contribution is 1.22. The highest BCUT2D eigenvalue weighted by atomic mass is 35.5. The summed E-state index contributed by atoms with van der Waals surface area (Å²) in [5.41, 5.74) is 0. The van der Waals surface area contributed by atoms with E-state index in [1.165, 1.54) is 0 Å². The quantitative estimate of drug-likeness (QED) is 0.274. The van der Waals surface area contributed by atoms with Crippen LogP contribution in [0.15, 0.2) is 134 Å². The van der Waals surface area contributed by atoms with E-state index in [9.17, 15) is 0 Å². The summed E-state index contributed by atoms with van der Waals surface area (Å²) in [5, 5.41) is 0. The van der Waals surface area contributed by atoms with Crippen LogP contribution in [0, 0.1) is 0 Å². The molecule has 0 aromatic rings. The van der Waals surface area contributed by atoms with E-state index in [-0.39, 0.29) is 12.4 Å². The number of halogens is 1. The SMILES string of the molecule is CC/C=C/C=C/C=C/C=C/C=C/C=C/C=C/C=C/C=C/C/C=C/C=C/CC.Cl. The third-order valence-electron chi connectivity index (χ3n) is 3.07. The smallest absolute Gasteiger partial charge is 0.0163 e. The van der Waals surface area contributed by atoms with Crippen molar-refractivity contribution in [3.8, 4) is 0 Å². The second kappa shape index (κ2) is 26.7. The van der Waals surface area contributed by atoms with Crippen LogP contribution in [-0.2, 0) is 0 Å². The van der Waals surface area contributed by atoms with Crippen molar-refractivity contribution < 1.29 is 0 Å². The molecule has 0 bridgehead atoms. The van der Waals surface area contributed by atoms with Gasteiger partial charge in [0.2, 0.25) is 0 Å². The van der Waals surface area contributed by atoms with Crippen molar-refractivity contribution in [2.24, 2.45) is 0 Å². The first kappa shape index (κ1) is 27.6. The van der Waals surface area contributed by atoms with Crippen molar-refractivity contribution in [2.75, 3.05) is 0 Å². The van der Waals surface area contributed by atoms with Gasteiger partial charge in [-0.05, 0) is 19.3 Å². The molecule has 0 nitrogen and oxygen atoms in total. The summed E-state index contributed by atoms with van der Waals surface area (Å²) < 4.78 is 0. The third kappa shape index (κ3) is 25.7. The molecule has 0 aliphatic rings. The van der Waals surface area contributed by atoms with Crippen molar-refractivity contribution in [2.45, 2.75) is 33.1 Å². The maximum Gasteiger partial charge on any atom is -0.0163 e. The Morgan fingerprint density at radius 2 is 0.536 bits per heavy atom. The molecule has 0 aliphatic heterocycles. The van der Waals surface area contributed by atoms with Crippen LogP contribution in [0.3, 0.4) is 0 Å². The third-order valence-corrected chi connectivity index (χ3v) is 3.07. The Morgan fingerprint density at radius 1 is 0.321 bits per heavy atom. The fourth-order valence-corrected chi connectivity index (χ4v) is 1.72. The highest BCUT2D eigenvalue weighted by Gasteiger charge is 1.69. The molecular formula is C27H35Cl. The minimum atomic E-state index is 0. The average Bonchev–Trinajstić information content (AvgIpc) is 2.68. The summed E-state index contributed by atoms with van der Waals surface area (Å²) in [6, 6.07) is 0. The fraction of sp³-hybridized carbons (Fsp3) is 0.185. The van der Waals surface area contributed by atoms with Gasteiger partial charge in [-0.1, -0.05) is 148 Å². The van der Waals surface area contributed by atoms with Gasteiger partial charge in [0.25, 0.3) is 0 Å². The van der Waals surface area contributed by atoms with E-state index in [1.807, 2.05) is 85.1 Å². The largest absolute Gasteiger partial charge is 0.147 e. The Morgan fingerprint density at radius 3 is 0.857 bits per heavy atom. The van der Waals surface area contributed by atoms with Crippen molar-refractivity contribution in [1.82, 2.24) is 0 Å². The summed E-state index contributed by atoms with van der Waals surface area (Å²) in [4.78, 5) is 0. The Hall–Kier alpha value is -2.57. The van der Waals surface area contributed by atoms with E-state index in [2.05, 4.69) is 62.5 Å². The molecule has 0 aromatic carbocycles. The Bertz CT molecular complexity index is 642. The van der Waals surface area contributed by atoms with E-state index in [0.717, 1.165) is 19.3 Å². The van der Waals surface area contributed by atoms with Crippen LogP contribution < -0.4 is 0 Å². The molecule has 0 saturated heterocycles. The molecule has 0 N–H and O–H groups in total. The van der Waals surface area contributed by atoms with Crippen LogP contribution in [0.5, 0.6) is 0 Å². The number of rotatable bonds is 13. The second-order valence-corrected chi connectivity index (χ2v) is 5.46. The molecule has 0 rings (SSSR count). The van der Waals surface area contributed by atoms with Gasteiger partial charge < -0.3 is 0 Å². The number of hydrogen-bond acceptors (Lipinski definition) is 0. The maximum absolute atomic E-state index is 2.15. The molecular weight excluding hydrogens is 360 g/mol. The monoisotopic (exact) mass is 394 g/mol. The Balaban J connectivity index is 0. The minimum Gasteiger partial charge on any atom is -0.147 e. The van der Waals surface area contributed by atoms with Crippen LogP contribution in [0.2, 0.25) is 0 Å². The standard InChI is InChI=1S/C27H34.ClH/c1-3-5-7-9-11-13-15-17-19-21-23-25-27-26-24-22-20-18-16-14-12-10-8-6-4-2;/h5-13,15-27H,3-4,14H2,1-2H3;1H/b7-5+,8-6+,11-9+,12-10+,15-13+,18-16+,19-17+,22-20+,23-21+,26-24+,27-25+;. The van der Waals surface area contributed by atoms with Gasteiger partial charge in [0, 0.05) is 0 Å². The van der Waals surface area contributed by atoms with Gasteiger partial charge in [0.15, 0.2) is 0 Å². The van der Waals surface area contributed by atoms with Crippen molar-refractivity contribution in [3.63, 3.8) is 0 Å². The minimum absolute atomic E-state index is 0. The zero-order valence-corrected chi connectivity index (χ0v) is 18.0. The van der Waals surface area contributed by atoms with Gasteiger partial charge in [-0.25, -0.2) is 0 Å². The molecule has 0 aromatic heterocycles. The van der Waals surface area contributed by atoms with E-state index in [1.54, 1.807) is 0 Å². The Kier molecular flexibility index (Phi) is 26.3. The molecule has 1 heteroatoms. The first-order chi connectivity index (χ1) is 13.4. The summed E-state index contributed by atoms with van der Waals surface area (Å²) in [5.74, 6) is 0. The van der Waals surface area contributed by atoms with Gasteiger partial charge in [-0.2, -0.15) is 0 Å². The molecule has 0 spiro atoms. The lowest BCUT2D eigenvalue weighted by atomic mass is 10.3. The molecule has 0 unspecified atom stereocenters. The molecule has 0 fully saturated rings. The molecule has 0 heterocycles. The van der Waals surface area contributed by atoms with Gasteiger partial charge in [0.1, 0.15) is 0 Å². The van der Waals surface area contributed by atoms with Gasteiger partial charge >= 0.3 is 0 Å². The second-order valence-electron chi connectivity index (χ2n) is 5.46. The molecule has 0 saturated carbocycles. The van der Waals surface area contributed by atoms with Gasteiger partial charge in [0.05, 0.1) is 0 Å². The van der Waals surface area contributed by atoms with Crippen LogP contribution in [0.1, 0.15) is 33.1 Å². The van der Waals surface area contributed by atoms with Crippen LogP contribution in [0.25, 0.3) is 0 Å². The summed E-state index contributed by atoms with van der Waals surface area (Å²) in [6.07, 6.45) is 48.2. The van der Waals surface area contributed by atoms with Gasteiger partial charge in [-0.15, -0.1) is 12.4 Å². The average molecular weight is 395 g/mol. The lowest BCUT2D eigenvalue weighted by Crippen LogP contribution is -1.58. The lowest BCUT2D eigenvalue weighted by Gasteiger charge is -1.79. The topological polar surface area (TPSA) is 0 Å². The van der Waals surface area contributed by atoms with Crippen molar-refractivity contribution in [1.29, 1.82) is 0 Å². The zero-order valence-electron chi connectivity index (χ0n) is 17.2. The van der Waals surface area contributed by atoms with Crippen LogP contribution in [-0.4, -0.2) is 0 Å². The van der Waals surface area contributed by atoms with E-state index in [4.69, 9.17) is 0 Å². The predicted octanol–water partition coefficient (Wildman–Crippen LogP) is 8.74. The van der Waals surface area contributed by atoms with Crippen LogP contribution >= 0.6 is 12.4 Å². The van der Waals surface area contributed by atoms with Crippen molar-refractivity contribution >= 4 is 12.4 Å². The summed E-state index contributed by atoms with van der Waals surface area (Å²) in [6.45, 7) is 4.26. The van der Waals surface area contributed by atoms with Crippen molar-refractivity contribution in [3.05, 3.63) is 134 Å². The van der Waals surface area contributed by atoms with E-state index >= 15 is 0 Å². The normalized spacial score (nSPS) is 14.1. The molecule has 0 aliphatic carbocycles. The molecule has 150 valence electrons. The molecule has 0 radical (unpaired) electrons. The first-order valence-electron chi connectivity index (χ1n) is 9.71. The molecule has 0 amide bonds. The van der Waals surface area contributed by atoms with Crippen LogP contribution in [0.4, 0.5) is 0 Å². The maximum atomic E-state index is 2.15. The Labute approximate surface area is 179 Å². The highest BCUT2D eigenvalue weighted by molar-refractivity contribution is 5.85. The van der Waals surface area contributed by atoms with Gasteiger partial charge in [-0.3, -0.25) is 0 Å². The highest BCUT2D eigenvalue weighted by Crippen LogP contribution is 1.90. The summed E-state index contributed by atoms with van der Waals surface area (Å²) in [7, 11) is 0. The fourth-order valence-electron chi connectivity index (χ4n) is 1.72.